The second-order valence-corrected chi connectivity index (χ2v) is 8.04. The number of rotatable bonds is 6. The van der Waals surface area contributed by atoms with Gasteiger partial charge in [-0.2, -0.15) is 0 Å². The van der Waals surface area contributed by atoms with Gasteiger partial charge in [-0.3, -0.25) is 0 Å². The van der Waals surface area contributed by atoms with Crippen molar-refractivity contribution in [2.75, 3.05) is 18.9 Å². The molecule has 1 aliphatic rings. The number of fused-ring (bicyclic) bond motifs is 4. The number of alkyl carbamates (subject to hydrolysis) is 1. The van der Waals surface area contributed by atoms with Crippen LogP contribution < -0.4 is 11.1 Å². The number of carbonyl (C=O) groups is 1. The molecular formula is C25H23N3O5. The molecule has 0 saturated heterocycles. The summed E-state index contributed by atoms with van der Waals surface area (Å²) in [6, 6.07) is 21.0. The summed E-state index contributed by atoms with van der Waals surface area (Å²) in [6.07, 6.45) is -3.15. The van der Waals surface area contributed by atoms with Crippen molar-refractivity contribution >= 4 is 22.9 Å². The Labute approximate surface area is 189 Å². The molecule has 1 aliphatic carbocycles. The first kappa shape index (κ1) is 21.0. The summed E-state index contributed by atoms with van der Waals surface area (Å²) in [7, 11) is 0. The quantitative estimate of drug-likeness (QED) is 0.358. The second kappa shape index (κ2) is 8.57. The SMILES string of the molecule is Nc1noc2ccc(C(O)C(O)CNC(=O)OCC3c4ccccc4-c4ccccc43)cc12. The minimum Gasteiger partial charge on any atom is -0.449 e. The Morgan fingerprint density at radius 3 is 2.42 bits per heavy atom. The average molecular weight is 445 g/mol. The van der Waals surface area contributed by atoms with Gasteiger partial charge in [0.15, 0.2) is 11.4 Å². The Balaban J connectivity index is 1.19. The van der Waals surface area contributed by atoms with E-state index >= 15 is 0 Å². The van der Waals surface area contributed by atoms with Crippen molar-refractivity contribution in [2.24, 2.45) is 0 Å². The van der Waals surface area contributed by atoms with Gasteiger partial charge in [-0.15, -0.1) is 0 Å². The highest BCUT2D eigenvalue weighted by molar-refractivity contribution is 5.87. The topological polar surface area (TPSA) is 131 Å². The molecule has 33 heavy (non-hydrogen) atoms. The van der Waals surface area contributed by atoms with Gasteiger partial charge in [0.05, 0.1) is 5.39 Å². The predicted molar refractivity (Wildman–Crippen MR) is 122 cm³/mol. The van der Waals surface area contributed by atoms with Crippen molar-refractivity contribution in [2.45, 2.75) is 18.1 Å². The summed E-state index contributed by atoms with van der Waals surface area (Å²) in [6.45, 7) is -0.0169. The van der Waals surface area contributed by atoms with Crippen LogP contribution in [0.5, 0.6) is 0 Å². The summed E-state index contributed by atoms with van der Waals surface area (Å²) < 4.78 is 10.5. The van der Waals surface area contributed by atoms with Crippen LogP contribution in [-0.2, 0) is 4.74 Å². The fourth-order valence-corrected chi connectivity index (χ4v) is 4.33. The molecule has 1 aromatic heterocycles. The lowest BCUT2D eigenvalue weighted by atomic mass is 9.98. The molecule has 0 bridgehead atoms. The standard InChI is InChI=1S/C25H23N3O5/c26-24-19-11-14(9-10-22(19)33-28-24)23(30)21(29)12-27-25(31)32-13-20-17-7-3-1-5-15(17)16-6-2-4-8-18(16)20/h1-11,20-21,23,29-30H,12-13H2,(H2,26,28)(H,27,31). The van der Waals surface area contributed by atoms with E-state index in [1.165, 1.54) is 0 Å². The van der Waals surface area contributed by atoms with Gasteiger partial charge in [0.2, 0.25) is 0 Å². The highest BCUT2D eigenvalue weighted by Crippen LogP contribution is 2.44. The minimum absolute atomic E-state index is 0.0561. The van der Waals surface area contributed by atoms with Crippen molar-refractivity contribution in [3.8, 4) is 11.1 Å². The second-order valence-electron chi connectivity index (χ2n) is 8.04. The first-order valence-electron chi connectivity index (χ1n) is 10.6. The van der Waals surface area contributed by atoms with Gasteiger partial charge in [-0.1, -0.05) is 59.8 Å². The molecule has 8 nitrogen and oxygen atoms in total. The maximum atomic E-state index is 12.3. The van der Waals surface area contributed by atoms with E-state index < -0.39 is 18.3 Å². The Morgan fingerprint density at radius 2 is 1.73 bits per heavy atom. The molecule has 0 aliphatic heterocycles. The van der Waals surface area contributed by atoms with Crippen LogP contribution in [0.1, 0.15) is 28.7 Å². The number of nitrogen functional groups attached to an aromatic ring is 1. The van der Waals surface area contributed by atoms with E-state index in [0.717, 1.165) is 22.3 Å². The summed E-state index contributed by atoms with van der Waals surface area (Å²) in [5.41, 5.74) is 11.2. The molecule has 5 N–H and O–H groups in total. The van der Waals surface area contributed by atoms with Gasteiger partial charge in [0.25, 0.3) is 0 Å². The molecule has 1 amide bonds. The fourth-order valence-electron chi connectivity index (χ4n) is 4.33. The van der Waals surface area contributed by atoms with Crippen LogP contribution in [0.2, 0.25) is 0 Å². The van der Waals surface area contributed by atoms with Gasteiger partial charge >= 0.3 is 6.09 Å². The summed E-state index contributed by atoms with van der Waals surface area (Å²) in [5.74, 6) is 0.143. The molecule has 2 atom stereocenters. The first-order chi connectivity index (χ1) is 16.0. The van der Waals surface area contributed by atoms with E-state index in [9.17, 15) is 15.0 Å². The Hall–Kier alpha value is -3.88. The van der Waals surface area contributed by atoms with Crippen molar-refractivity contribution in [3.05, 3.63) is 83.4 Å². The van der Waals surface area contributed by atoms with E-state index in [4.69, 9.17) is 15.0 Å². The molecule has 0 fully saturated rings. The molecular weight excluding hydrogens is 422 g/mol. The Kier molecular flexibility index (Phi) is 5.45. The molecule has 0 saturated carbocycles. The number of nitrogens with two attached hydrogens (primary N) is 1. The van der Waals surface area contributed by atoms with Crippen LogP contribution in [0.4, 0.5) is 10.6 Å². The number of benzene rings is 3. The smallest absolute Gasteiger partial charge is 0.407 e. The molecule has 2 unspecified atom stereocenters. The number of nitrogens with zero attached hydrogens (tertiary/aromatic N) is 1. The molecule has 3 aromatic carbocycles. The molecule has 168 valence electrons. The van der Waals surface area contributed by atoms with Crippen LogP contribution in [0.3, 0.4) is 0 Å². The van der Waals surface area contributed by atoms with Crippen LogP contribution >= 0.6 is 0 Å². The number of carbonyl (C=O) groups excluding carboxylic acids is 1. The largest absolute Gasteiger partial charge is 0.449 e. The van der Waals surface area contributed by atoms with Crippen molar-refractivity contribution < 1.29 is 24.3 Å². The highest BCUT2D eigenvalue weighted by Gasteiger charge is 2.29. The highest BCUT2D eigenvalue weighted by atomic mass is 16.5. The zero-order chi connectivity index (χ0) is 22.9. The third-order valence-corrected chi connectivity index (χ3v) is 6.03. The molecule has 1 heterocycles. The molecule has 5 rings (SSSR count). The summed E-state index contributed by atoms with van der Waals surface area (Å²) >= 11 is 0. The monoisotopic (exact) mass is 445 g/mol. The summed E-state index contributed by atoms with van der Waals surface area (Å²) in [5, 5.41) is 27.6. The summed E-state index contributed by atoms with van der Waals surface area (Å²) in [4.78, 5) is 12.3. The van der Waals surface area contributed by atoms with Crippen LogP contribution in [0.15, 0.2) is 71.3 Å². The van der Waals surface area contributed by atoms with Crippen molar-refractivity contribution in [1.82, 2.24) is 10.5 Å². The predicted octanol–water partition coefficient (Wildman–Crippen LogP) is 3.34. The lowest BCUT2D eigenvalue weighted by Crippen LogP contribution is -2.36. The molecule has 0 spiro atoms. The van der Waals surface area contributed by atoms with E-state index in [-0.39, 0.29) is 24.9 Å². The van der Waals surface area contributed by atoms with Gasteiger partial charge in [0.1, 0.15) is 18.8 Å². The van der Waals surface area contributed by atoms with E-state index in [2.05, 4.69) is 22.6 Å². The third kappa shape index (κ3) is 3.90. The maximum Gasteiger partial charge on any atom is 0.407 e. The van der Waals surface area contributed by atoms with Gasteiger partial charge in [-0.05, 0) is 39.9 Å². The van der Waals surface area contributed by atoms with Crippen molar-refractivity contribution in [1.29, 1.82) is 0 Å². The van der Waals surface area contributed by atoms with Crippen LogP contribution in [-0.4, -0.2) is 40.7 Å². The molecule has 0 radical (unpaired) electrons. The van der Waals surface area contributed by atoms with Gasteiger partial charge in [-0.25, -0.2) is 4.79 Å². The van der Waals surface area contributed by atoms with Crippen LogP contribution in [0.25, 0.3) is 22.1 Å². The zero-order valence-electron chi connectivity index (χ0n) is 17.6. The number of ether oxygens (including phenoxy) is 1. The Bertz CT molecular complexity index is 1270. The Morgan fingerprint density at radius 1 is 1.06 bits per heavy atom. The first-order valence-corrected chi connectivity index (χ1v) is 10.6. The number of aliphatic hydroxyl groups is 2. The van der Waals surface area contributed by atoms with E-state index in [0.29, 0.717) is 16.5 Å². The van der Waals surface area contributed by atoms with Crippen molar-refractivity contribution in [3.63, 3.8) is 0 Å². The average Bonchev–Trinajstić information content (AvgIpc) is 3.38. The molecule has 4 aromatic rings. The molecule has 8 heteroatoms. The zero-order valence-corrected chi connectivity index (χ0v) is 17.6. The number of hydrogen-bond acceptors (Lipinski definition) is 7. The van der Waals surface area contributed by atoms with E-state index in [1.807, 2.05) is 36.4 Å². The van der Waals surface area contributed by atoms with Crippen LogP contribution in [0, 0.1) is 0 Å². The number of aliphatic hydroxyl groups excluding tert-OH is 2. The maximum absolute atomic E-state index is 12.3. The fraction of sp³-hybridized carbons (Fsp3) is 0.200. The number of amides is 1. The minimum atomic E-state index is -1.25. The van der Waals surface area contributed by atoms with Gasteiger partial charge in [0, 0.05) is 12.5 Å². The lowest BCUT2D eigenvalue weighted by molar-refractivity contribution is 0.0186. The number of nitrogens with one attached hydrogen (secondary N) is 1. The third-order valence-electron chi connectivity index (χ3n) is 6.03. The normalized spacial score (nSPS) is 14.5. The number of anilines is 1. The van der Waals surface area contributed by atoms with E-state index in [1.54, 1.807) is 18.2 Å². The van der Waals surface area contributed by atoms with Gasteiger partial charge < -0.3 is 30.5 Å². The number of hydrogen-bond donors (Lipinski definition) is 4. The number of aromatic nitrogens is 1. The lowest BCUT2D eigenvalue weighted by Gasteiger charge is -2.19.